The van der Waals surface area contributed by atoms with Gasteiger partial charge in [0.25, 0.3) is 0 Å². The average Bonchev–Trinajstić information content (AvgIpc) is 2.87. The molecule has 0 saturated heterocycles. The van der Waals surface area contributed by atoms with Crippen molar-refractivity contribution in [3.8, 4) is 0 Å². The second-order valence-electron chi connectivity index (χ2n) is 3.71. The minimum Gasteiger partial charge on any atom is -0.461 e. The second-order valence-corrected chi connectivity index (χ2v) is 3.71. The number of carbonyl (C=O) groups is 1. The first-order valence-corrected chi connectivity index (χ1v) is 4.87. The van der Waals surface area contributed by atoms with Crippen molar-refractivity contribution in [2.45, 2.75) is 19.3 Å². The van der Waals surface area contributed by atoms with Crippen molar-refractivity contribution in [3.05, 3.63) is 18.0 Å². The summed E-state index contributed by atoms with van der Waals surface area (Å²) >= 11 is 0. The number of anilines is 1. The highest BCUT2D eigenvalue weighted by Crippen LogP contribution is 2.32. The molecular weight excluding hydrogens is 180 g/mol. The van der Waals surface area contributed by atoms with Crippen molar-refractivity contribution in [1.82, 2.24) is 4.98 Å². The van der Waals surface area contributed by atoms with E-state index in [1.54, 1.807) is 12.3 Å². The van der Waals surface area contributed by atoms with E-state index in [0.717, 1.165) is 12.3 Å². The number of aromatic amines is 1. The first-order chi connectivity index (χ1) is 6.75. The Bertz CT molecular complexity index is 329. The van der Waals surface area contributed by atoms with Crippen molar-refractivity contribution in [2.75, 3.05) is 12.3 Å². The smallest absolute Gasteiger partial charge is 0.354 e. The van der Waals surface area contributed by atoms with Crippen molar-refractivity contribution < 1.29 is 9.53 Å². The van der Waals surface area contributed by atoms with Crippen LogP contribution in [0.4, 0.5) is 5.69 Å². The average molecular weight is 194 g/mol. The molecule has 0 aliphatic heterocycles. The zero-order chi connectivity index (χ0) is 9.97. The molecule has 4 heteroatoms. The molecule has 1 aliphatic carbocycles. The highest BCUT2D eigenvalue weighted by atomic mass is 16.5. The van der Waals surface area contributed by atoms with Crippen LogP contribution >= 0.6 is 0 Å². The van der Waals surface area contributed by atoms with Gasteiger partial charge in [-0.1, -0.05) is 12.8 Å². The van der Waals surface area contributed by atoms with Crippen LogP contribution in [0.1, 0.15) is 29.8 Å². The maximum atomic E-state index is 11.4. The van der Waals surface area contributed by atoms with E-state index in [0.29, 0.717) is 18.0 Å². The number of aromatic nitrogens is 1. The van der Waals surface area contributed by atoms with Gasteiger partial charge in [-0.25, -0.2) is 4.79 Å². The van der Waals surface area contributed by atoms with Gasteiger partial charge in [0.2, 0.25) is 0 Å². The van der Waals surface area contributed by atoms with Gasteiger partial charge in [-0.05, 0) is 18.4 Å². The lowest BCUT2D eigenvalue weighted by atomic mass is 10.3. The minimum atomic E-state index is -0.317. The first kappa shape index (κ1) is 9.12. The van der Waals surface area contributed by atoms with Gasteiger partial charge in [0.05, 0.1) is 12.3 Å². The molecule has 76 valence electrons. The lowest BCUT2D eigenvalue weighted by molar-refractivity contribution is 0.0489. The Kier molecular flexibility index (Phi) is 2.43. The van der Waals surface area contributed by atoms with Gasteiger partial charge < -0.3 is 15.5 Å². The number of rotatable bonds is 4. The zero-order valence-electron chi connectivity index (χ0n) is 7.95. The summed E-state index contributed by atoms with van der Waals surface area (Å²) in [6.07, 6.45) is 5.14. The summed E-state index contributed by atoms with van der Waals surface area (Å²) in [7, 11) is 0. The molecule has 1 saturated carbocycles. The number of hydrogen-bond acceptors (Lipinski definition) is 3. The summed E-state index contributed by atoms with van der Waals surface area (Å²) in [5, 5.41) is 0. The van der Waals surface area contributed by atoms with E-state index in [4.69, 9.17) is 10.5 Å². The molecule has 1 aliphatic rings. The number of carbonyl (C=O) groups excluding carboxylic acids is 1. The molecular formula is C10H14N2O2. The molecule has 1 aromatic heterocycles. The van der Waals surface area contributed by atoms with E-state index in [1.807, 2.05) is 0 Å². The number of H-pyrrole nitrogens is 1. The van der Waals surface area contributed by atoms with Gasteiger partial charge in [0, 0.05) is 6.20 Å². The molecule has 0 amide bonds. The molecule has 0 radical (unpaired) electrons. The highest BCUT2D eigenvalue weighted by molar-refractivity contribution is 5.88. The largest absolute Gasteiger partial charge is 0.461 e. The fraction of sp³-hybridized carbons (Fsp3) is 0.500. The quantitative estimate of drug-likeness (QED) is 0.714. The van der Waals surface area contributed by atoms with Crippen molar-refractivity contribution in [3.63, 3.8) is 0 Å². The third-order valence-corrected chi connectivity index (χ3v) is 2.38. The van der Waals surface area contributed by atoms with E-state index >= 15 is 0 Å². The van der Waals surface area contributed by atoms with E-state index in [9.17, 15) is 4.79 Å². The van der Waals surface area contributed by atoms with E-state index in [1.165, 1.54) is 12.8 Å². The molecule has 2 rings (SSSR count). The summed E-state index contributed by atoms with van der Waals surface area (Å²) < 4.78 is 5.07. The molecule has 0 spiro atoms. The second kappa shape index (κ2) is 3.74. The lowest BCUT2D eigenvalue weighted by Gasteiger charge is -2.01. The Hall–Kier alpha value is -1.45. The monoisotopic (exact) mass is 194 g/mol. The van der Waals surface area contributed by atoms with Gasteiger partial charge in [0.15, 0.2) is 0 Å². The van der Waals surface area contributed by atoms with Crippen LogP contribution in [0.2, 0.25) is 0 Å². The fourth-order valence-electron chi connectivity index (χ4n) is 1.33. The molecule has 1 fully saturated rings. The summed E-state index contributed by atoms with van der Waals surface area (Å²) in [5.74, 6) is 0.471. The Labute approximate surface area is 82.4 Å². The highest BCUT2D eigenvalue weighted by Gasteiger charge is 2.21. The SMILES string of the molecule is Nc1c[nH]c(C(=O)OCCC2CC2)c1. The minimum absolute atomic E-state index is 0.317. The standard InChI is InChI=1S/C10H14N2O2/c11-8-5-9(12-6-8)10(13)14-4-3-7-1-2-7/h5-7,12H,1-4,11H2. The Morgan fingerprint density at radius 1 is 1.64 bits per heavy atom. The van der Waals surface area contributed by atoms with Gasteiger partial charge in [0.1, 0.15) is 5.69 Å². The number of nitrogens with two attached hydrogens (primary N) is 1. The van der Waals surface area contributed by atoms with E-state index in [2.05, 4.69) is 4.98 Å². The van der Waals surface area contributed by atoms with Crippen LogP contribution in [0, 0.1) is 5.92 Å². The van der Waals surface area contributed by atoms with Gasteiger partial charge >= 0.3 is 5.97 Å². The van der Waals surface area contributed by atoms with Crippen LogP contribution in [0.15, 0.2) is 12.3 Å². The number of esters is 1. The van der Waals surface area contributed by atoms with Crippen LogP contribution in [-0.4, -0.2) is 17.6 Å². The number of ether oxygens (including phenoxy) is 1. The first-order valence-electron chi connectivity index (χ1n) is 4.87. The van der Waals surface area contributed by atoms with Gasteiger partial charge in [-0.15, -0.1) is 0 Å². The molecule has 1 aromatic rings. The van der Waals surface area contributed by atoms with Crippen LogP contribution in [0.5, 0.6) is 0 Å². The molecule has 0 unspecified atom stereocenters. The third-order valence-electron chi connectivity index (χ3n) is 2.38. The van der Waals surface area contributed by atoms with Crippen LogP contribution in [-0.2, 0) is 4.74 Å². The Balaban J connectivity index is 1.76. The van der Waals surface area contributed by atoms with Crippen LogP contribution < -0.4 is 5.73 Å². The predicted molar refractivity (Wildman–Crippen MR) is 52.8 cm³/mol. The lowest BCUT2D eigenvalue weighted by Crippen LogP contribution is -2.07. The summed E-state index contributed by atoms with van der Waals surface area (Å²) in [5.41, 5.74) is 6.45. The Morgan fingerprint density at radius 3 is 3.00 bits per heavy atom. The molecule has 1 heterocycles. The van der Waals surface area contributed by atoms with Crippen molar-refractivity contribution in [1.29, 1.82) is 0 Å². The van der Waals surface area contributed by atoms with Crippen molar-refractivity contribution >= 4 is 11.7 Å². The van der Waals surface area contributed by atoms with Crippen molar-refractivity contribution in [2.24, 2.45) is 5.92 Å². The predicted octanol–water partition coefficient (Wildman–Crippen LogP) is 1.55. The number of nitrogen functional groups attached to an aromatic ring is 1. The molecule has 4 nitrogen and oxygen atoms in total. The maximum absolute atomic E-state index is 11.4. The fourth-order valence-corrected chi connectivity index (χ4v) is 1.33. The maximum Gasteiger partial charge on any atom is 0.354 e. The topological polar surface area (TPSA) is 68.1 Å². The molecule has 0 atom stereocenters. The molecule has 3 N–H and O–H groups in total. The van der Waals surface area contributed by atoms with Gasteiger partial charge in [-0.3, -0.25) is 0 Å². The van der Waals surface area contributed by atoms with Crippen LogP contribution in [0.25, 0.3) is 0 Å². The van der Waals surface area contributed by atoms with E-state index in [-0.39, 0.29) is 5.97 Å². The van der Waals surface area contributed by atoms with Gasteiger partial charge in [-0.2, -0.15) is 0 Å². The van der Waals surface area contributed by atoms with E-state index < -0.39 is 0 Å². The van der Waals surface area contributed by atoms with Crippen LogP contribution in [0.3, 0.4) is 0 Å². The molecule has 0 bridgehead atoms. The number of nitrogens with one attached hydrogen (secondary N) is 1. The Morgan fingerprint density at radius 2 is 2.43 bits per heavy atom. The summed E-state index contributed by atoms with van der Waals surface area (Å²) in [4.78, 5) is 14.1. The zero-order valence-corrected chi connectivity index (χ0v) is 7.95. The summed E-state index contributed by atoms with van der Waals surface area (Å²) in [6, 6.07) is 1.58. The third kappa shape index (κ3) is 2.28. The summed E-state index contributed by atoms with van der Waals surface area (Å²) in [6.45, 7) is 0.516. The number of hydrogen-bond donors (Lipinski definition) is 2. The molecule has 0 aromatic carbocycles. The molecule has 14 heavy (non-hydrogen) atoms. The normalized spacial score (nSPS) is 15.4.